The molecule has 6 heteroatoms. The van der Waals surface area contributed by atoms with Gasteiger partial charge in [0, 0.05) is 25.3 Å². The van der Waals surface area contributed by atoms with Gasteiger partial charge in [-0.15, -0.1) is 0 Å². The molecule has 0 aliphatic heterocycles. The van der Waals surface area contributed by atoms with E-state index in [-0.39, 0.29) is 24.3 Å². The molecule has 0 spiro atoms. The minimum atomic E-state index is -0.259. The normalized spacial score (nSPS) is 12.0. The zero-order valence-electron chi connectivity index (χ0n) is 16.1. The van der Waals surface area contributed by atoms with Gasteiger partial charge in [-0.05, 0) is 37.7 Å². The molecular formula is C21H27FN2O3. The molecule has 1 atom stereocenters. The van der Waals surface area contributed by atoms with Gasteiger partial charge in [-0.2, -0.15) is 0 Å². The number of nitrogens with one attached hydrogen (secondary N) is 1. The molecule has 146 valence electrons. The van der Waals surface area contributed by atoms with Crippen LogP contribution < -0.4 is 10.1 Å². The first kappa shape index (κ1) is 20.9. The number of hydrogen-bond donors (Lipinski definition) is 1. The van der Waals surface area contributed by atoms with Gasteiger partial charge in [0.15, 0.2) is 0 Å². The van der Waals surface area contributed by atoms with Gasteiger partial charge >= 0.3 is 0 Å². The minimum Gasteiger partial charge on any atom is -0.491 e. The first-order valence-electron chi connectivity index (χ1n) is 8.93. The number of rotatable bonds is 10. The molecule has 0 aliphatic rings. The maximum absolute atomic E-state index is 13.9. The summed E-state index contributed by atoms with van der Waals surface area (Å²) in [5, 5.41) is 2.89. The molecule has 1 N–H and O–H groups in total. The molecule has 2 aromatic carbocycles. The van der Waals surface area contributed by atoms with E-state index in [0.717, 1.165) is 11.3 Å². The van der Waals surface area contributed by atoms with E-state index < -0.39 is 0 Å². The third-order valence-electron chi connectivity index (χ3n) is 4.38. The predicted octanol–water partition coefficient (Wildman–Crippen LogP) is 3.16. The molecule has 0 aliphatic carbocycles. The van der Waals surface area contributed by atoms with E-state index in [1.54, 1.807) is 25.3 Å². The number of benzene rings is 2. The Morgan fingerprint density at radius 1 is 1.15 bits per heavy atom. The van der Waals surface area contributed by atoms with Gasteiger partial charge in [0.25, 0.3) is 0 Å². The second kappa shape index (κ2) is 10.6. The Bertz CT molecular complexity index is 722. The summed E-state index contributed by atoms with van der Waals surface area (Å²) in [6.07, 6.45) is 0. The second-order valence-corrected chi connectivity index (χ2v) is 6.37. The smallest absolute Gasteiger partial charge is 0.234 e. The van der Waals surface area contributed by atoms with Gasteiger partial charge in [-0.1, -0.05) is 30.3 Å². The second-order valence-electron chi connectivity index (χ2n) is 6.37. The Kier molecular flexibility index (Phi) is 8.23. The van der Waals surface area contributed by atoms with Crippen LogP contribution in [0, 0.1) is 5.82 Å². The van der Waals surface area contributed by atoms with Gasteiger partial charge in [0.05, 0.1) is 13.2 Å². The van der Waals surface area contributed by atoms with Crippen molar-refractivity contribution < 1.29 is 18.7 Å². The Labute approximate surface area is 160 Å². The third-order valence-corrected chi connectivity index (χ3v) is 4.38. The number of likely N-dealkylation sites (N-methyl/N-ethyl adjacent to an activating group) is 1. The molecule has 27 heavy (non-hydrogen) atoms. The highest BCUT2D eigenvalue weighted by atomic mass is 19.1. The molecule has 2 aromatic rings. The van der Waals surface area contributed by atoms with Crippen LogP contribution in [0.4, 0.5) is 4.39 Å². The summed E-state index contributed by atoms with van der Waals surface area (Å²) in [7, 11) is 3.44. The highest BCUT2D eigenvalue weighted by Crippen LogP contribution is 2.21. The van der Waals surface area contributed by atoms with Crippen LogP contribution >= 0.6 is 0 Å². The lowest BCUT2D eigenvalue weighted by Crippen LogP contribution is -2.36. The molecule has 0 fully saturated rings. The van der Waals surface area contributed by atoms with Crippen LogP contribution in [0.15, 0.2) is 48.5 Å². The SMILES string of the molecule is COCCOc1ccc(CNC(=O)CN(C)C(C)c2ccccc2F)cc1. The summed E-state index contributed by atoms with van der Waals surface area (Å²) >= 11 is 0. The van der Waals surface area contributed by atoms with Crippen molar-refractivity contribution in [1.29, 1.82) is 0 Å². The summed E-state index contributed by atoms with van der Waals surface area (Å²) < 4.78 is 24.3. The fourth-order valence-corrected chi connectivity index (χ4v) is 2.62. The van der Waals surface area contributed by atoms with Crippen LogP contribution in [0.25, 0.3) is 0 Å². The fraction of sp³-hybridized carbons (Fsp3) is 0.381. The largest absolute Gasteiger partial charge is 0.491 e. The first-order valence-corrected chi connectivity index (χ1v) is 8.93. The quantitative estimate of drug-likeness (QED) is 0.649. The molecule has 0 saturated heterocycles. The Morgan fingerprint density at radius 2 is 1.85 bits per heavy atom. The van der Waals surface area contributed by atoms with E-state index >= 15 is 0 Å². The summed E-state index contributed by atoms with van der Waals surface area (Å²) in [5.41, 5.74) is 1.56. The zero-order valence-corrected chi connectivity index (χ0v) is 16.1. The Balaban J connectivity index is 1.79. The van der Waals surface area contributed by atoms with Crippen molar-refractivity contribution in [2.45, 2.75) is 19.5 Å². The molecule has 1 unspecified atom stereocenters. The lowest BCUT2D eigenvalue weighted by molar-refractivity contribution is -0.122. The molecule has 0 heterocycles. The predicted molar refractivity (Wildman–Crippen MR) is 103 cm³/mol. The van der Waals surface area contributed by atoms with Crippen molar-refractivity contribution in [2.75, 3.05) is 33.9 Å². The highest BCUT2D eigenvalue weighted by molar-refractivity contribution is 5.78. The van der Waals surface area contributed by atoms with Crippen molar-refractivity contribution in [1.82, 2.24) is 10.2 Å². The summed E-state index contributed by atoms with van der Waals surface area (Å²) in [4.78, 5) is 14.0. The van der Waals surface area contributed by atoms with Crippen molar-refractivity contribution in [3.63, 3.8) is 0 Å². The van der Waals surface area contributed by atoms with Crippen LogP contribution in [0.1, 0.15) is 24.1 Å². The molecule has 0 saturated carbocycles. The topological polar surface area (TPSA) is 50.8 Å². The van der Waals surface area contributed by atoms with Gasteiger partial charge in [-0.3, -0.25) is 9.69 Å². The number of carbonyl (C=O) groups is 1. The number of amides is 1. The van der Waals surface area contributed by atoms with Crippen molar-refractivity contribution in [3.05, 3.63) is 65.5 Å². The monoisotopic (exact) mass is 374 g/mol. The van der Waals surface area contributed by atoms with Gasteiger partial charge in [0.1, 0.15) is 18.2 Å². The van der Waals surface area contributed by atoms with Crippen LogP contribution in [0.5, 0.6) is 5.75 Å². The summed E-state index contributed by atoms with van der Waals surface area (Å²) in [6, 6.07) is 14.0. The fourth-order valence-electron chi connectivity index (χ4n) is 2.62. The number of hydrogen-bond acceptors (Lipinski definition) is 4. The van der Waals surface area contributed by atoms with E-state index in [4.69, 9.17) is 9.47 Å². The standard InChI is InChI=1S/C21H27FN2O3/c1-16(19-6-4-5-7-20(19)22)24(2)15-21(25)23-14-17-8-10-18(11-9-17)27-13-12-26-3/h4-11,16H,12-15H2,1-3H3,(H,23,25). The average Bonchev–Trinajstić information content (AvgIpc) is 2.67. The Hall–Kier alpha value is -2.44. The molecule has 5 nitrogen and oxygen atoms in total. The number of ether oxygens (including phenoxy) is 2. The van der Waals surface area contributed by atoms with Crippen LogP contribution in [-0.2, 0) is 16.1 Å². The molecule has 0 radical (unpaired) electrons. The van der Waals surface area contributed by atoms with Gasteiger partial charge in [0.2, 0.25) is 5.91 Å². The molecule has 0 bridgehead atoms. The van der Waals surface area contributed by atoms with E-state index in [1.165, 1.54) is 6.07 Å². The van der Waals surface area contributed by atoms with E-state index in [1.807, 2.05) is 43.1 Å². The lowest BCUT2D eigenvalue weighted by atomic mass is 10.1. The van der Waals surface area contributed by atoms with Crippen molar-refractivity contribution in [3.8, 4) is 5.75 Å². The van der Waals surface area contributed by atoms with Crippen molar-refractivity contribution >= 4 is 5.91 Å². The minimum absolute atomic E-state index is 0.110. The number of carbonyl (C=O) groups excluding carboxylic acids is 1. The van der Waals surface area contributed by atoms with E-state index in [9.17, 15) is 9.18 Å². The highest BCUT2D eigenvalue weighted by Gasteiger charge is 2.17. The van der Waals surface area contributed by atoms with Gasteiger partial charge in [-0.25, -0.2) is 4.39 Å². The first-order chi connectivity index (χ1) is 13.0. The van der Waals surface area contributed by atoms with Crippen LogP contribution in [-0.4, -0.2) is 44.7 Å². The zero-order chi connectivity index (χ0) is 19.6. The Morgan fingerprint density at radius 3 is 2.52 bits per heavy atom. The number of halogens is 1. The lowest BCUT2D eigenvalue weighted by Gasteiger charge is -2.24. The van der Waals surface area contributed by atoms with Crippen LogP contribution in [0.3, 0.4) is 0 Å². The third kappa shape index (κ3) is 6.66. The van der Waals surface area contributed by atoms with Crippen LogP contribution in [0.2, 0.25) is 0 Å². The van der Waals surface area contributed by atoms with E-state index in [0.29, 0.717) is 25.3 Å². The maximum Gasteiger partial charge on any atom is 0.234 e. The molecule has 0 aromatic heterocycles. The average molecular weight is 374 g/mol. The van der Waals surface area contributed by atoms with Crippen molar-refractivity contribution in [2.24, 2.45) is 0 Å². The van der Waals surface area contributed by atoms with E-state index in [2.05, 4.69) is 5.32 Å². The molecule has 2 rings (SSSR count). The van der Waals surface area contributed by atoms with Gasteiger partial charge < -0.3 is 14.8 Å². The number of nitrogens with zero attached hydrogens (tertiary/aromatic N) is 1. The molecular weight excluding hydrogens is 347 g/mol. The summed E-state index contributed by atoms with van der Waals surface area (Å²) in [6.45, 7) is 3.54. The number of methoxy groups -OCH3 is 1. The molecule has 1 amide bonds. The summed E-state index contributed by atoms with van der Waals surface area (Å²) in [5.74, 6) is 0.395. The maximum atomic E-state index is 13.9.